The summed E-state index contributed by atoms with van der Waals surface area (Å²) in [6.07, 6.45) is 2.43. The largest absolute Gasteiger partial charge is 0.497 e. The topological polar surface area (TPSA) is 62.9 Å². The molecule has 2 atom stereocenters. The minimum atomic E-state index is -0.00235. The van der Waals surface area contributed by atoms with Gasteiger partial charge in [0.05, 0.1) is 18.0 Å². The SMILES string of the molecule is COc1ccc([C@@H](c2sc3nc(C)nn3c2O)N2CCC[C@@H](C)C2)cc1. The van der Waals surface area contributed by atoms with Crippen LogP contribution in [0, 0.1) is 12.8 Å². The van der Waals surface area contributed by atoms with Crippen LogP contribution in [0.5, 0.6) is 11.6 Å². The molecule has 7 heteroatoms. The molecule has 0 aliphatic carbocycles. The molecule has 1 saturated heterocycles. The zero-order valence-electron chi connectivity index (χ0n) is 15.3. The second-order valence-corrected chi connectivity index (χ2v) is 8.07. The lowest BCUT2D eigenvalue weighted by molar-refractivity contribution is 0.149. The van der Waals surface area contributed by atoms with E-state index in [4.69, 9.17) is 4.74 Å². The van der Waals surface area contributed by atoms with Gasteiger partial charge in [0.15, 0.2) is 0 Å². The van der Waals surface area contributed by atoms with E-state index in [9.17, 15) is 5.11 Å². The molecular weight excluding hydrogens is 348 g/mol. The predicted octanol–water partition coefficient (Wildman–Crippen LogP) is 3.63. The summed E-state index contributed by atoms with van der Waals surface area (Å²) in [6.45, 7) is 6.17. The van der Waals surface area contributed by atoms with Crippen LogP contribution in [0.1, 0.15) is 42.1 Å². The molecule has 0 radical (unpaired) electrons. The van der Waals surface area contributed by atoms with Gasteiger partial charge in [-0.15, -0.1) is 5.10 Å². The lowest BCUT2D eigenvalue weighted by atomic mass is 9.95. The zero-order valence-corrected chi connectivity index (χ0v) is 16.2. The Balaban J connectivity index is 1.80. The maximum Gasteiger partial charge on any atom is 0.230 e. The number of likely N-dealkylation sites (tertiary alicyclic amines) is 1. The van der Waals surface area contributed by atoms with Crippen molar-refractivity contribution >= 4 is 16.3 Å². The van der Waals surface area contributed by atoms with Crippen molar-refractivity contribution in [2.45, 2.75) is 32.7 Å². The molecule has 0 bridgehead atoms. The Morgan fingerprint density at radius 3 is 2.73 bits per heavy atom. The highest BCUT2D eigenvalue weighted by atomic mass is 32.1. The van der Waals surface area contributed by atoms with Gasteiger partial charge in [0, 0.05) is 6.54 Å². The summed E-state index contributed by atoms with van der Waals surface area (Å²) in [5, 5.41) is 15.2. The molecule has 3 heterocycles. The van der Waals surface area contributed by atoms with E-state index in [0.29, 0.717) is 11.7 Å². The van der Waals surface area contributed by atoms with Crippen molar-refractivity contribution in [2.75, 3.05) is 20.2 Å². The number of rotatable bonds is 4. The van der Waals surface area contributed by atoms with E-state index >= 15 is 0 Å². The molecule has 1 aliphatic rings. The average molecular weight is 372 g/mol. The summed E-state index contributed by atoms with van der Waals surface area (Å²) in [6, 6.07) is 8.13. The molecule has 26 heavy (non-hydrogen) atoms. The Labute approximate surface area is 157 Å². The molecule has 1 N–H and O–H groups in total. The number of aromatic hydroxyl groups is 1. The van der Waals surface area contributed by atoms with Gasteiger partial charge in [-0.25, -0.2) is 4.98 Å². The summed E-state index contributed by atoms with van der Waals surface area (Å²) >= 11 is 1.52. The third-order valence-electron chi connectivity index (χ3n) is 5.04. The standard InChI is InChI=1S/C19H24N4O2S/c1-12-5-4-10-22(11-12)16(14-6-8-15(25-3)9-7-14)17-18(24)23-19(26-17)20-13(2)21-23/h6-9,12,16,24H,4-5,10-11H2,1-3H3/t12-,16+/m1/s1. The van der Waals surface area contributed by atoms with Crippen LogP contribution >= 0.6 is 11.3 Å². The maximum atomic E-state index is 10.9. The van der Waals surface area contributed by atoms with Gasteiger partial charge in [-0.3, -0.25) is 4.90 Å². The van der Waals surface area contributed by atoms with Crippen molar-refractivity contribution in [1.29, 1.82) is 0 Å². The first kappa shape index (κ1) is 17.3. The Hall–Kier alpha value is -2.12. The number of nitrogens with zero attached hydrogens (tertiary/aromatic N) is 4. The van der Waals surface area contributed by atoms with Gasteiger partial charge in [-0.1, -0.05) is 30.4 Å². The average Bonchev–Trinajstić information content (AvgIpc) is 3.14. The van der Waals surface area contributed by atoms with Crippen LogP contribution in [0.2, 0.25) is 0 Å². The number of aryl methyl sites for hydroxylation is 1. The Morgan fingerprint density at radius 1 is 1.31 bits per heavy atom. The van der Waals surface area contributed by atoms with Gasteiger partial charge in [0.2, 0.25) is 10.8 Å². The zero-order chi connectivity index (χ0) is 18.3. The lowest BCUT2D eigenvalue weighted by Crippen LogP contribution is -2.37. The maximum absolute atomic E-state index is 10.9. The van der Waals surface area contributed by atoms with Crippen molar-refractivity contribution < 1.29 is 9.84 Å². The van der Waals surface area contributed by atoms with Crippen LogP contribution in [-0.2, 0) is 0 Å². The fourth-order valence-corrected chi connectivity index (χ4v) is 4.96. The number of ether oxygens (including phenoxy) is 1. The van der Waals surface area contributed by atoms with Crippen LogP contribution in [-0.4, -0.2) is 44.8 Å². The third-order valence-corrected chi connectivity index (χ3v) is 6.11. The molecule has 1 fully saturated rings. The van der Waals surface area contributed by atoms with Gasteiger partial charge < -0.3 is 9.84 Å². The molecular formula is C19H24N4O2S. The van der Waals surface area contributed by atoms with Crippen molar-refractivity contribution in [3.8, 4) is 11.6 Å². The highest BCUT2D eigenvalue weighted by Gasteiger charge is 2.31. The van der Waals surface area contributed by atoms with E-state index in [1.54, 1.807) is 11.6 Å². The fraction of sp³-hybridized carbons (Fsp3) is 0.474. The number of fused-ring (bicyclic) bond motifs is 1. The first-order valence-electron chi connectivity index (χ1n) is 9.00. The van der Waals surface area contributed by atoms with E-state index in [1.165, 1.54) is 24.2 Å². The number of thiazole rings is 1. The highest BCUT2D eigenvalue weighted by Crippen LogP contribution is 2.41. The molecule has 0 spiro atoms. The Morgan fingerprint density at radius 2 is 2.08 bits per heavy atom. The van der Waals surface area contributed by atoms with E-state index in [0.717, 1.165) is 34.2 Å². The predicted molar refractivity (Wildman–Crippen MR) is 102 cm³/mol. The third kappa shape index (κ3) is 3.05. The minimum Gasteiger partial charge on any atom is -0.497 e. The first-order chi connectivity index (χ1) is 12.6. The van der Waals surface area contributed by atoms with Gasteiger partial charge in [0.25, 0.3) is 0 Å². The first-order valence-corrected chi connectivity index (χ1v) is 9.81. The molecule has 3 aromatic rings. The molecule has 0 saturated carbocycles. The molecule has 0 amide bonds. The fourth-order valence-electron chi connectivity index (χ4n) is 3.80. The number of methoxy groups -OCH3 is 1. The second-order valence-electron chi connectivity index (χ2n) is 7.06. The van der Waals surface area contributed by atoms with E-state index < -0.39 is 0 Å². The van der Waals surface area contributed by atoms with Gasteiger partial charge >= 0.3 is 0 Å². The van der Waals surface area contributed by atoms with Crippen molar-refractivity contribution in [2.24, 2.45) is 5.92 Å². The summed E-state index contributed by atoms with van der Waals surface area (Å²) in [5.41, 5.74) is 1.15. The van der Waals surface area contributed by atoms with Gasteiger partial charge in [-0.2, -0.15) is 4.52 Å². The normalized spacial score (nSPS) is 19.7. The quantitative estimate of drug-likeness (QED) is 0.758. The summed E-state index contributed by atoms with van der Waals surface area (Å²) < 4.78 is 6.86. The van der Waals surface area contributed by atoms with Crippen LogP contribution in [0.25, 0.3) is 4.96 Å². The molecule has 1 aliphatic heterocycles. The summed E-state index contributed by atoms with van der Waals surface area (Å²) in [5.74, 6) is 2.36. The molecule has 138 valence electrons. The minimum absolute atomic E-state index is 0.00235. The molecule has 6 nitrogen and oxygen atoms in total. The van der Waals surface area contributed by atoms with Gasteiger partial charge in [0.1, 0.15) is 11.6 Å². The number of hydrogen-bond donors (Lipinski definition) is 1. The number of hydrogen-bond acceptors (Lipinski definition) is 6. The van der Waals surface area contributed by atoms with Gasteiger partial charge in [-0.05, 0) is 49.9 Å². The van der Waals surface area contributed by atoms with Crippen LogP contribution in [0.4, 0.5) is 0 Å². The van der Waals surface area contributed by atoms with Crippen molar-refractivity contribution in [1.82, 2.24) is 19.5 Å². The van der Waals surface area contributed by atoms with Crippen molar-refractivity contribution in [3.05, 3.63) is 40.5 Å². The van der Waals surface area contributed by atoms with Crippen molar-refractivity contribution in [3.63, 3.8) is 0 Å². The summed E-state index contributed by atoms with van der Waals surface area (Å²) in [7, 11) is 1.67. The van der Waals surface area contributed by atoms with E-state index in [-0.39, 0.29) is 11.9 Å². The number of benzene rings is 1. The van der Waals surface area contributed by atoms with E-state index in [2.05, 4.69) is 34.0 Å². The lowest BCUT2D eigenvalue weighted by Gasteiger charge is -2.37. The summed E-state index contributed by atoms with van der Waals surface area (Å²) in [4.78, 5) is 8.53. The second kappa shape index (κ2) is 6.89. The number of piperidine rings is 1. The smallest absolute Gasteiger partial charge is 0.230 e. The Bertz CT molecular complexity index is 902. The van der Waals surface area contributed by atoms with E-state index in [1.807, 2.05) is 19.1 Å². The highest BCUT2D eigenvalue weighted by molar-refractivity contribution is 7.17. The molecule has 0 unspecified atom stereocenters. The van der Waals surface area contributed by atoms with Crippen LogP contribution in [0.15, 0.2) is 24.3 Å². The molecule has 1 aromatic carbocycles. The van der Waals surface area contributed by atoms with Crippen LogP contribution < -0.4 is 4.74 Å². The number of aromatic nitrogens is 3. The Kier molecular flexibility index (Phi) is 4.58. The molecule has 2 aromatic heterocycles. The van der Waals surface area contributed by atoms with Crippen LogP contribution in [0.3, 0.4) is 0 Å². The molecule has 4 rings (SSSR count). The monoisotopic (exact) mass is 372 g/mol.